The van der Waals surface area contributed by atoms with Crippen LogP contribution in [0.25, 0.3) is 0 Å². The van der Waals surface area contributed by atoms with Crippen LogP contribution in [0.5, 0.6) is 0 Å². The molecule has 1 aliphatic carbocycles. The molecule has 0 radical (unpaired) electrons. The van der Waals surface area contributed by atoms with Crippen molar-refractivity contribution in [3.63, 3.8) is 0 Å². The van der Waals surface area contributed by atoms with Crippen molar-refractivity contribution in [3.8, 4) is 0 Å². The van der Waals surface area contributed by atoms with E-state index < -0.39 is 0 Å². The molecule has 0 aromatic carbocycles. The van der Waals surface area contributed by atoms with E-state index in [1.165, 1.54) is 56.6 Å². The van der Waals surface area contributed by atoms with Crippen LogP contribution < -0.4 is 5.32 Å². The Balaban J connectivity index is 1.88. The Morgan fingerprint density at radius 3 is 2.50 bits per heavy atom. The second-order valence-electron chi connectivity index (χ2n) is 6.69. The first kappa shape index (κ1) is 15.1. The summed E-state index contributed by atoms with van der Waals surface area (Å²) in [5, 5.41) is 3.93. The Kier molecular flexibility index (Phi) is 5.36. The van der Waals surface area contributed by atoms with Gasteiger partial charge in [-0.3, -0.25) is 0 Å². The zero-order valence-corrected chi connectivity index (χ0v) is 13.9. The number of thioether (sulfide) groups is 2. The molecule has 0 aromatic rings. The highest BCUT2D eigenvalue weighted by molar-refractivity contribution is 8.00. The average Bonchev–Trinajstić information content (AvgIpc) is 2.38. The lowest BCUT2D eigenvalue weighted by atomic mass is 9.81. The first-order valence-electron chi connectivity index (χ1n) is 7.44. The van der Waals surface area contributed by atoms with Crippen LogP contribution >= 0.6 is 23.5 Å². The van der Waals surface area contributed by atoms with Crippen LogP contribution in [0.2, 0.25) is 0 Å². The molecule has 1 nitrogen and oxygen atoms in total. The van der Waals surface area contributed by atoms with E-state index in [-0.39, 0.29) is 0 Å². The van der Waals surface area contributed by atoms with Gasteiger partial charge in [0, 0.05) is 23.1 Å². The third-order valence-electron chi connectivity index (χ3n) is 4.99. The summed E-state index contributed by atoms with van der Waals surface area (Å²) in [6.07, 6.45) is 10.8. The molecule has 1 aliphatic heterocycles. The topological polar surface area (TPSA) is 12.0 Å². The lowest BCUT2D eigenvalue weighted by Gasteiger charge is -2.43. The zero-order chi connectivity index (χ0) is 13.1. The highest BCUT2D eigenvalue weighted by Gasteiger charge is 2.36. The minimum absolute atomic E-state index is 0.486. The molecule has 2 rings (SSSR count). The molecule has 1 N–H and O–H groups in total. The van der Waals surface area contributed by atoms with Crippen molar-refractivity contribution in [3.05, 3.63) is 0 Å². The summed E-state index contributed by atoms with van der Waals surface area (Å²) in [6, 6.07) is 0.710. The fourth-order valence-corrected chi connectivity index (χ4v) is 5.80. The first-order valence-corrected chi connectivity index (χ1v) is 9.82. The molecular formula is C15H29NS2. The van der Waals surface area contributed by atoms with E-state index in [2.05, 4.69) is 48.9 Å². The van der Waals surface area contributed by atoms with Gasteiger partial charge < -0.3 is 5.32 Å². The maximum absolute atomic E-state index is 3.93. The summed E-state index contributed by atoms with van der Waals surface area (Å²) in [4.78, 5) is 0. The predicted molar refractivity (Wildman–Crippen MR) is 86.8 cm³/mol. The van der Waals surface area contributed by atoms with Crippen molar-refractivity contribution in [2.24, 2.45) is 5.41 Å². The molecule has 1 saturated carbocycles. The molecule has 2 fully saturated rings. The lowest BCUT2D eigenvalue weighted by Crippen LogP contribution is -2.51. The normalized spacial score (nSPS) is 31.2. The summed E-state index contributed by atoms with van der Waals surface area (Å²) in [7, 11) is 0. The van der Waals surface area contributed by atoms with E-state index in [0.29, 0.717) is 16.2 Å². The van der Waals surface area contributed by atoms with Crippen LogP contribution in [0.1, 0.15) is 52.4 Å². The first-order chi connectivity index (χ1) is 8.58. The molecule has 106 valence electrons. The molecule has 1 heterocycles. The van der Waals surface area contributed by atoms with Crippen LogP contribution in [0.3, 0.4) is 0 Å². The summed E-state index contributed by atoms with van der Waals surface area (Å²) in [5.74, 6) is 2.65. The molecule has 0 bridgehead atoms. The molecule has 0 spiro atoms. The number of hydrogen-bond acceptors (Lipinski definition) is 3. The molecule has 0 aromatic heterocycles. The van der Waals surface area contributed by atoms with Crippen molar-refractivity contribution in [1.29, 1.82) is 0 Å². The molecule has 0 amide bonds. The third kappa shape index (κ3) is 3.61. The Morgan fingerprint density at radius 1 is 1.17 bits per heavy atom. The quantitative estimate of drug-likeness (QED) is 0.833. The summed E-state index contributed by atoms with van der Waals surface area (Å²) < 4.78 is 0.538. The van der Waals surface area contributed by atoms with E-state index in [1.807, 2.05) is 0 Å². The van der Waals surface area contributed by atoms with E-state index in [4.69, 9.17) is 0 Å². The van der Waals surface area contributed by atoms with Gasteiger partial charge in [-0.15, -0.1) is 0 Å². The van der Waals surface area contributed by atoms with Gasteiger partial charge in [0.2, 0.25) is 0 Å². The highest BCUT2D eigenvalue weighted by Crippen LogP contribution is 2.39. The minimum atomic E-state index is 0.486. The van der Waals surface area contributed by atoms with Gasteiger partial charge in [0.05, 0.1) is 0 Å². The Morgan fingerprint density at radius 2 is 1.89 bits per heavy atom. The SMILES string of the molecule is CSC1(CNC2CSCCC2(C)C)CCCCC1. The van der Waals surface area contributed by atoms with E-state index in [0.717, 1.165) is 0 Å². The van der Waals surface area contributed by atoms with Crippen LogP contribution in [-0.4, -0.2) is 35.1 Å². The fraction of sp³-hybridized carbons (Fsp3) is 1.00. The Hall–Kier alpha value is 0.660. The van der Waals surface area contributed by atoms with Crippen LogP contribution in [-0.2, 0) is 0 Å². The van der Waals surface area contributed by atoms with Gasteiger partial charge in [0.25, 0.3) is 0 Å². The van der Waals surface area contributed by atoms with Gasteiger partial charge in [-0.1, -0.05) is 33.1 Å². The number of nitrogens with one attached hydrogen (secondary N) is 1. The summed E-state index contributed by atoms with van der Waals surface area (Å²) >= 11 is 4.24. The zero-order valence-electron chi connectivity index (χ0n) is 12.3. The van der Waals surface area contributed by atoms with Crippen molar-refractivity contribution in [2.75, 3.05) is 24.3 Å². The van der Waals surface area contributed by atoms with Gasteiger partial charge in [-0.2, -0.15) is 23.5 Å². The van der Waals surface area contributed by atoms with Crippen molar-refractivity contribution in [2.45, 2.75) is 63.2 Å². The van der Waals surface area contributed by atoms with E-state index >= 15 is 0 Å². The molecule has 1 atom stereocenters. The lowest BCUT2D eigenvalue weighted by molar-refractivity contribution is 0.233. The second-order valence-corrected chi connectivity index (χ2v) is 9.12. The van der Waals surface area contributed by atoms with Gasteiger partial charge in [0.1, 0.15) is 0 Å². The predicted octanol–water partition coefficient (Wildman–Crippen LogP) is 4.17. The number of rotatable bonds is 4. The average molecular weight is 288 g/mol. The second kappa shape index (κ2) is 6.41. The largest absolute Gasteiger partial charge is 0.311 e. The minimum Gasteiger partial charge on any atom is -0.311 e. The Labute approximate surface area is 122 Å². The Bertz CT molecular complexity index is 259. The smallest absolute Gasteiger partial charge is 0.0281 e. The molecule has 1 saturated heterocycles. The maximum Gasteiger partial charge on any atom is 0.0281 e. The van der Waals surface area contributed by atoms with E-state index in [9.17, 15) is 0 Å². The van der Waals surface area contributed by atoms with Crippen molar-refractivity contribution < 1.29 is 0 Å². The van der Waals surface area contributed by atoms with Crippen LogP contribution in [0.15, 0.2) is 0 Å². The highest BCUT2D eigenvalue weighted by atomic mass is 32.2. The van der Waals surface area contributed by atoms with Gasteiger partial charge in [-0.25, -0.2) is 0 Å². The monoisotopic (exact) mass is 287 g/mol. The standard InChI is InChI=1S/C15H29NS2/c1-14(2)9-10-18-11-13(14)16-12-15(17-3)7-5-4-6-8-15/h13,16H,4-12H2,1-3H3. The molecule has 2 aliphatic rings. The fourth-order valence-electron chi connectivity index (χ4n) is 3.23. The van der Waals surface area contributed by atoms with Crippen molar-refractivity contribution in [1.82, 2.24) is 5.32 Å². The summed E-state index contributed by atoms with van der Waals surface area (Å²) in [6.45, 7) is 6.11. The van der Waals surface area contributed by atoms with Crippen LogP contribution in [0, 0.1) is 5.41 Å². The van der Waals surface area contributed by atoms with Gasteiger partial charge in [-0.05, 0) is 36.7 Å². The maximum atomic E-state index is 3.93. The van der Waals surface area contributed by atoms with Gasteiger partial charge >= 0.3 is 0 Å². The van der Waals surface area contributed by atoms with Crippen LogP contribution in [0.4, 0.5) is 0 Å². The van der Waals surface area contributed by atoms with Crippen molar-refractivity contribution >= 4 is 23.5 Å². The molecule has 1 unspecified atom stereocenters. The third-order valence-corrected chi connectivity index (χ3v) is 7.47. The molecule has 3 heteroatoms. The van der Waals surface area contributed by atoms with Gasteiger partial charge in [0.15, 0.2) is 0 Å². The number of hydrogen-bond donors (Lipinski definition) is 1. The van der Waals surface area contributed by atoms with E-state index in [1.54, 1.807) is 0 Å². The summed E-state index contributed by atoms with van der Waals surface area (Å²) in [5.41, 5.74) is 0.486. The molecular weight excluding hydrogens is 258 g/mol. The molecule has 18 heavy (non-hydrogen) atoms.